The lowest BCUT2D eigenvalue weighted by atomic mass is 10.1. The second-order valence-corrected chi connectivity index (χ2v) is 5.73. The van der Waals surface area contributed by atoms with Crippen LogP contribution in [0.1, 0.15) is 23.2 Å². The monoisotopic (exact) mass is 367 g/mol. The molecular formula is C17H16F3N3O3. The Kier molecular flexibility index (Phi) is 5.24. The van der Waals surface area contributed by atoms with Gasteiger partial charge in [0.05, 0.1) is 0 Å². The third-order valence-corrected chi connectivity index (χ3v) is 3.89. The molecule has 0 saturated carbocycles. The Bertz CT molecular complexity index is 748. The molecule has 1 amide bonds. The summed E-state index contributed by atoms with van der Waals surface area (Å²) in [7, 11) is 0. The number of aromatic nitrogens is 2. The van der Waals surface area contributed by atoms with Crippen LogP contribution >= 0.6 is 0 Å². The van der Waals surface area contributed by atoms with Gasteiger partial charge in [-0.1, -0.05) is 6.07 Å². The minimum absolute atomic E-state index is 0.0751. The number of benzene rings is 1. The molecule has 2 heterocycles. The van der Waals surface area contributed by atoms with Crippen molar-refractivity contribution in [3.8, 4) is 11.6 Å². The van der Waals surface area contributed by atoms with Gasteiger partial charge in [-0.3, -0.25) is 4.79 Å². The molecule has 0 atom stereocenters. The zero-order chi connectivity index (χ0) is 18.6. The van der Waals surface area contributed by atoms with Crippen LogP contribution in [0.25, 0.3) is 0 Å². The Morgan fingerprint density at radius 3 is 2.62 bits per heavy atom. The van der Waals surface area contributed by atoms with E-state index in [0.29, 0.717) is 31.8 Å². The van der Waals surface area contributed by atoms with Crippen LogP contribution in [-0.2, 0) is 0 Å². The Balaban J connectivity index is 1.57. The highest BCUT2D eigenvalue weighted by molar-refractivity contribution is 5.94. The van der Waals surface area contributed by atoms with Gasteiger partial charge in [0.1, 0.15) is 18.2 Å². The molecule has 26 heavy (non-hydrogen) atoms. The van der Waals surface area contributed by atoms with E-state index in [0.717, 1.165) is 12.1 Å². The van der Waals surface area contributed by atoms with E-state index in [1.54, 1.807) is 17.2 Å². The molecule has 0 spiro atoms. The van der Waals surface area contributed by atoms with E-state index >= 15 is 0 Å². The fourth-order valence-corrected chi connectivity index (χ4v) is 2.70. The summed E-state index contributed by atoms with van der Waals surface area (Å²) < 4.78 is 46.5. The summed E-state index contributed by atoms with van der Waals surface area (Å²) in [6, 6.07) is 6.74. The molecule has 3 rings (SSSR count). The lowest BCUT2D eigenvalue weighted by molar-refractivity contribution is -0.274. The number of carbonyl (C=O) groups excluding carboxylic acids is 1. The Morgan fingerprint density at radius 2 is 1.96 bits per heavy atom. The van der Waals surface area contributed by atoms with Crippen LogP contribution in [0.5, 0.6) is 11.6 Å². The maximum absolute atomic E-state index is 12.5. The average molecular weight is 367 g/mol. The van der Waals surface area contributed by atoms with Crippen LogP contribution in [0.15, 0.2) is 42.9 Å². The first-order chi connectivity index (χ1) is 12.4. The standard InChI is InChI=1S/C17H16F3N3O3/c18-17(19,20)26-14-3-1-2-12(10-14)16(24)23-8-5-13(6-9-23)25-15-4-7-21-11-22-15/h1-4,7,10-11,13H,5-6,8-9H2. The third-order valence-electron chi connectivity index (χ3n) is 3.89. The number of ether oxygens (including phenoxy) is 2. The summed E-state index contributed by atoms with van der Waals surface area (Å²) in [5, 5.41) is 0. The normalized spacial score (nSPS) is 15.6. The van der Waals surface area contributed by atoms with Crippen molar-refractivity contribution in [1.82, 2.24) is 14.9 Å². The van der Waals surface area contributed by atoms with Gasteiger partial charge in [-0.15, -0.1) is 13.2 Å². The zero-order valence-electron chi connectivity index (χ0n) is 13.6. The van der Waals surface area contributed by atoms with E-state index < -0.39 is 12.1 Å². The van der Waals surface area contributed by atoms with Crippen molar-refractivity contribution >= 4 is 5.91 Å². The van der Waals surface area contributed by atoms with Crippen molar-refractivity contribution < 1.29 is 27.4 Å². The van der Waals surface area contributed by atoms with Crippen LogP contribution < -0.4 is 9.47 Å². The maximum atomic E-state index is 12.5. The topological polar surface area (TPSA) is 64.5 Å². The predicted molar refractivity (Wildman–Crippen MR) is 84.7 cm³/mol. The smallest absolute Gasteiger partial charge is 0.474 e. The summed E-state index contributed by atoms with van der Waals surface area (Å²) in [6.07, 6.45) is -0.684. The Labute approximate surface area is 147 Å². The molecule has 2 aromatic rings. The summed E-state index contributed by atoms with van der Waals surface area (Å²) in [6.45, 7) is 0.887. The van der Waals surface area contributed by atoms with Gasteiger partial charge in [0, 0.05) is 43.8 Å². The van der Waals surface area contributed by atoms with Crippen molar-refractivity contribution in [3.05, 3.63) is 48.4 Å². The lowest BCUT2D eigenvalue weighted by Gasteiger charge is -2.32. The molecule has 0 bridgehead atoms. The first-order valence-electron chi connectivity index (χ1n) is 7.98. The number of rotatable bonds is 4. The van der Waals surface area contributed by atoms with Gasteiger partial charge in [0.2, 0.25) is 5.88 Å². The molecular weight excluding hydrogens is 351 g/mol. The van der Waals surface area contributed by atoms with Gasteiger partial charge >= 0.3 is 6.36 Å². The third kappa shape index (κ3) is 4.84. The molecule has 1 aliphatic heterocycles. The quantitative estimate of drug-likeness (QED) is 0.831. The molecule has 1 fully saturated rings. The zero-order valence-corrected chi connectivity index (χ0v) is 13.6. The number of halogens is 3. The first kappa shape index (κ1) is 18.0. The summed E-state index contributed by atoms with van der Waals surface area (Å²) in [5.74, 6) is -0.273. The number of amides is 1. The summed E-state index contributed by atoms with van der Waals surface area (Å²) in [4.78, 5) is 21.9. The molecule has 9 heteroatoms. The van der Waals surface area contributed by atoms with Crippen LogP contribution in [0.4, 0.5) is 13.2 Å². The van der Waals surface area contributed by atoms with Gasteiger partial charge in [-0.05, 0) is 18.2 Å². The Morgan fingerprint density at radius 1 is 1.19 bits per heavy atom. The Hall–Kier alpha value is -2.84. The summed E-state index contributed by atoms with van der Waals surface area (Å²) >= 11 is 0. The highest BCUT2D eigenvalue weighted by Gasteiger charge is 2.31. The van der Waals surface area contributed by atoms with Crippen LogP contribution in [-0.4, -0.2) is 46.3 Å². The number of piperidine rings is 1. The molecule has 0 radical (unpaired) electrons. The predicted octanol–water partition coefficient (Wildman–Crippen LogP) is 3.06. The van der Waals surface area contributed by atoms with Crippen LogP contribution in [0.3, 0.4) is 0 Å². The number of carbonyl (C=O) groups is 1. The molecule has 1 saturated heterocycles. The average Bonchev–Trinajstić information content (AvgIpc) is 2.61. The maximum Gasteiger partial charge on any atom is 0.573 e. The number of hydrogen-bond acceptors (Lipinski definition) is 5. The SMILES string of the molecule is O=C(c1cccc(OC(F)(F)F)c1)N1CCC(Oc2ccncn2)CC1. The van der Waals surface area contributed by atoms with Gasteiger partial charge < -0.3 is 14.4 Å². The molecule has 0 aliphatic carbocycles. The van der Waals surface area contributed by atoms with Gasteiger partial charge in [0.25, 0.3) is 5.91 Å². The van der Waals surface area contributed by atoms with E-state index in [1.807, 2.05) is 0 Å². The number of alkyl halides is 3. The van der Waals surface area contributed by atoms with E-state index in [1.165, 1.54) is 18.5 Å². The fraction of sp³-hybridized carbons (Fsp3) is 0.353. The van der Waals surface area contributed by atoms with Crippen molar-refractivity contribution in [3.63, 3.8) is 0 Å². The number of likely N-dealkylation sites (tertiary alicyclic amines) is 1. The fourth-order valence-electron chi connectivity index (χ4n) is 2.70. The molecule has 6 nitrogen and oxygen atoms in total. The lowest BCUT2D eigenvalue weighted by Crippen LogP contribution is -2.41. The highest BCUT2D eigenvalue weighted by Crippen LogP contribution is 2.24. The van der Waals surface area contributed by atoms with E-state index in [9.17, 15) is 18.0 Å². The minimum Gasteiger partial charge on any atom is -0.474 e. The molecule has 1 aromatic heterocycles. The molecule has 1 aliphatic rings. The molecule has 138 valence electrons. The molecule has 0 unspecified atom stereocenters. The van der Waals surface area contributed by atoms with Crippen molar-refractivity contribution in [2.45, 2.75) is 25.3 Å². The second kappa shape index (κ2) is 7.59. The van der Waals surface area contributed by atoms with Crippen molar-refractivity contribution in [2.75, 3.05) is 13.1 Å². The van der Waals surface area contributed by atoms with Gasteiger partial charge in [-0.2, -0.15) is 0 Å². The van der Waals surface area contributed by atoms with Crippen LogP contribution in [0.2, 0.25) is 0 Å². The number of nitrogens with zero attached hydrogens (tertiary/aromatic N) is 3. The largest absolute Gasteiger partial charge is 0.573 e. The molecule has 1 aromatic carbocycles. The van der Waals surface area contributed by atoms with Crippen molar-refractivity contribution in [1.29, 1.82) is 0 Å². The van der Waals surface area contributed by atoms with Crippen LogP contribution in [0, 0.1) is 0 Å². The first-order valence-corrected chi connectivity index (χ1v) is 7.98. The minimum atomic E-state index is -4.79. The van der Waals surface area contributed by atoms with E-state index in [2.05, 4.69) is 14.7 Å². The highest BCUT2D eigenvalue weighted by atomic mass is 19.4. The van der Waals surface area contributed by atoms with E-state index in [-0.39, 0.29) is 17.6 Å². The van der Waals surface area contributed by atoms with Gasteiger partial charge in [-0.25, -0.2) is 9.97 Å². The second-order valence-electron chi connectivity index (χ2n) is 5.73. The van der Waals surface area contributed by atoms with E-state index in [4.69, 9.17) is 4.74 Å². The van der Waals surface area contributed by atoms with Gasteiger partial charge in [0.15, 0.2) is 0 Å². The number of hydrogen-bond donors (Lipinski definition) is 0. The molecule has 0 N–H and O–H groups in total. The van der Waals surface area contributed by atoms with Crippen molar-refractivity contribution in [2.24, 2.45) is 0 Å². The summed E-state index contributed by atoms with van der Waals surface area (Å²) in [5.41, 5.74) is 0.155.